The first-order chi connectivity index (χ1) is 15.7. The van der Waals surface area contributed by atoms with Crippen molar-refractivity contribution in [3.8, 4) is 0 Å². The molecule has 0 aromatic carbocycles. The van der Waals surface area contributed by atoms with Crippen LogP contribution in [-0.4, -0.2) is 47.9 Å². The van der Waals surface area contributed by atoms with E-state index in [9.17, 15) is 62.3 Å². The van der Waals surface area contributed by atoms with Gasteiger partial charge in [0.05, 0.1) is 5.56 Å². The van der Waals surface area contributed by atoms with Gasteiger partial charge in [-0.25, -0.2) is 8.78 Å². The van der Waals surface area contributed by atoms with Crippen molar-refractivity contribution in [2.75, 3.05) is 5.32 Å². The van der Waals surface area contributed by atoms with E-state index in [0.717, 1.165) is 5.32 Å². The Labute approximate surface area is 192 Å². The summed E-state index contributed by atoms with van der Waals surface area (Å²) >= 11 is 0.420. The molecule has 0 radical (unpaired) electrons. The molecule has 2 rings (SSSR count). The van der Waals surface area contributed by atoms with Crippen molar-refractivity contribution in [3.05, 3.63) is 16.0 Å². The number of hydrogen-bond acceptors (Lipinski definition) is 3. The number of anilines is 1. The highest BCUT2D eigenvalue weighted by Crippen LogP contribution is 2.58. The third-order valence-corrected chi connectivity index (χ3v) is 6.75. The molecule has 0 saturated carbocycles. The Morgan fingerprint density at radius 2 is 1.54 bits per heavy atom. The maximum Gasteiger partial charge on any atom is 0.393 e. The molecule has 0 saturated heterocycles. The first-order valence-corrected chi connectivity index (χ1v) is 10.4. The lowest BCUT2D eigenvalue weighted by molar-refractivity contribution is -0.406. The molecule has 2 amide bonds. The molecular formula is C18H16F12N2O2S. The first kappa shape index (κ1) is 29.0. The maximum absolute atomic E-state index is 14.1. The molecule has 1 unspecified atom stereocenters. The number of fused-ring (bicyclic) bond motifs is 1. The van der Waals surface area contributed by atoms with Crippen LogP contribution >= 0.6 is 11.3 Å². The highest BCUT2D eigenvalue weighted by Gasteiger charge is 2.89. The van der Waals surface area contributed by atoms with Crippen molar-refractivity contribution in [1.29, 1.82) is 0 Å². The minimum atomic E-state index is -7.84. The number of primary amides is 1. The SMILES string of the molecule is CCC1CCc2c(sc(NC(=O)C(F)(F)C(F)(F)C(F)(F)C(F)(F)C(F)(F)C(F)F)c2C(N)=O)C1. The van der Waals surface area contributed by atoms with Gasteiger partial charge in [0.1, 0.15) is 5.00 Å². The minimum Gasteiger partial charge on any atom is -0.365 e. The van der Waals surface area contributed by atoms with Gasteiger partial charge in [0, 0.05) is 4.88 Å². The Balaban J connectivity index is 2.47. The maximum atomic E-state index is 14.1. The number of carbonyl (C=O) groups excluding carboxylic acids is 2. The van der Waals surface area contributed by atoms with Crippen LogP contribution in [0.4, 0.5) is 57.7 Å². The van der Waals surface area contributed by atoms with E-state index in [-0.39, 0.29) is 24.3 Å². The normalized spacial score (nSPS) is 17.9. The summed E-state index contributed by atoms with van der Waals surface area (Å²) in [4.78, 5) is 23.9. The topological polar surface area (TPSA) is 72.2 Å². The summed E-state index contributed by atoms with van der Waals surface area (Å²) in [5.41, 5.74) is 4.70. The van der Waals surface area contributed by atoms with Crippen molar-refractivity contribution in [1.82, 2.24) is 0 Å². The third kappa shape index (κ3) is 4.33. The average Bonchev–Trinajstić information content (AvgIpc) is 3.09. The van der Waals surface area contributed by atoms with Crippen molar-refractivity contribution in [2.45, 2.75) is 68.6 Å². The summed E-state index contributed by atoms with van der Waals surface area (Å²) in [6, 6.07) is 0. The highest BCUT2D eigenvalue weighted by atomic mass is 32.1. The fourth-order valence-corrected chi connectivity index (χ4v) is 4.78. The van der Waals surface area contributed by atoms with Gasteiger partial charge in [-0.3, -0.25) is 9.59 Å². The third-order valence-electron chi connectivity index (χ3n) is 5.58. The largest absolute Gasteiger partial charge is 0.393 e. The predicted molar refractivity (Wildman–Crippen MR) is 98.0 cm³/mol. The zero-order chi connectivity index (χ0) is 27.4. The van der Waals surface area contributed by atoms with Gasteiger partial charge in [-0.05, 0) is 30.7 Å². The van der Waals surface area contributed by atoms with Crippen LogP contribution in [0.15, 0.2) is 0 Å². The van der Waals surface area contributed by atoms with Gasteiger partial charge in [-0.15, -0.1) is 11.3 Å². The summed E-state index contributed by atoms with van der Waals surface area (Å²) in [6.45, 7) is 1.80. The second kappa shape index (κ2) is 9.03. The van der Waals surface area contributed by atoms with Gasteiger partial charge in [-0.1, -0.05) is 13.3 Å². The van der Waals surface area contributed by atoms with Crippen LogP contribution in [0, 0.1) is 5.92 Å². The molecule has 1 aliphatic carbocycles. The van der Waals surface area contributed by atoms with E-state index in [2.05, 4.69) is 0 Å². The van der Waals surface area contributed by atoms with Crippen molar-refractivity contribution in [3.63, 3.8) is 0 Å². The smallest absolute Gasteiger partial charge is 0.365 e. The molecule has 1 atom stereocenters. The quantitative estimate of drug-likeness (QED) is 0.384. The molecule has 200 valence electrons. The molecule has 1 heterocycles. The van der Waals surface area contributed by atoms with Crippen LogP contribution in [0.3, 0.4) is 0 Å². The van der Waals surface area contributed by atoms with Gasteiger partial charge in [0.2, 0.25) is 0 Å². The summed E-state index contributed by atoms with van der Waals surface area (Å²) < 4.78 is 160. The van der Waals surface area contributed by atoms with E-state index in [1.165, 1.54) is 0 Å². The number of thiophene rings is 1. The van der Waals surface area contributed by atoms with Crippen LogP contribution in [-0.2, 0) is 17.6 Å². The summed E-state index contributed by atoms with van der Waals surface area (Å²) in [7, 11) is 0. The molecule has 1 aliphatic rings. The Morgan fingerprint density at radius 3 is 2.00 bits per heavy atom. The van der Waals surface area contributed by atoms with Crippen molar-refractivity contribution >= 4 is 28.2 Å². The van der Waals surface area contributed by atoms with Crippen molar-refractivity contribution in [2.24, 2.45) is 11.7 Å². The summed E-state index contributed by atoms with van der Waals surface area (Å²) in [5, 5.41) is 0.166. The van der Waals surface area contributed by atoms with Gasteiger partial charge in [-0.2, -0.15) is 43.9 Å². The van der Waals surface area contributed by atoms with E-state index in [1.807, 2.05) is 0 Å². The number of amides is 2. The monoisotopic (exact) mass is 552 g/mol. The second-order valence-electron chi connectivity index (χ2n) is 7.76. The number of nitrogens with two attached hydrogens (primary N) is 1. The molecule has 17 heteroatoms. The molecule has 1 aromatic heterocycles. The molecule has 0 aliphatic heterocycles. The Morgan fingerprint density at radius 1 is 1.00 bits per heavy atom. The van der Waals surface area contributed by atoms with E-state index in [1.54, 1.807) is 6.92 Å². The molecule has 0 fully saturated rings. The number of carbonyl (C=O) groups is 2. The Hall–Kier alpha value is -2.20. The standard InChI is InChI=1S/C18H16F12N2O2S/c1-2-6-3-4-7-8(5-6)35-11(9(7)10(31)33)32-13(34)15(23,24)17(27,28)18(29,30)16(25,26)14(21,22)12(19)20/h6,12H,2-5H2,1H3,(H2,31,33)(H,32,34). The van der Waals surface area contributed by atoms with Gasteiger partial charge < -0.3 is 11.1 Å². The van der Waals surface area contributed by atoms with Crippen LogP contribution in [0.5, 0.6) is 0 Å². The molecule has 3 N–H and O–H groups in total. The number of nitrogens with one attached hydrogen (secondary N) is 1. The van der Waals surface area contributed by atoms with Crippen molar-refractivity contribution < 1.29 is 62.3 Å². The average molecular weight is 552 g/mol. The number of rotatable bonds is 9. The molecule has 35 heavy (non-hydrogen) atoms. The van der Waals surface area contributed by atoms with Crippen LogP contribution in [0.2, 0.25) is 0 Å². The van der Waals surface area contributed by atoms with E-state index < -0.39 is 58.4 Å². The lowest BCUT2D eigenvalue weighted by Gasteiger charge is -2.38. The molecule has 0 spiro atoms. The van der Waals surface area contributed by atoms with Crippen LogP contribution in [0.1, 0.15) is 40.6 Å². The van der Waals surface area contributed by atoms with E-state index in [0.29, 0.717) is 29.1 Å². The van der Waals surface area contributed by atoms with Crippen LogP contribution < -0.4 is 11.1 Å². The lowest BCUT2D eigenvalue weighted by atomic mass is 9.85. The second-order valence-corrected chi connectivity index (χ2v) is 8.87. The van der Waals surface area contributed by atoms with E-state index in [4.69, 9.17) is 5.73 Å². The number of hydrogen-bond donors (Lipinski definition) is 2. The first-order valence-electron chi connectivity index (χ1n) is 9.61. The Kier molecular flexibility index (Phi) is 7.49. The number of halogens is 12. The minimum absolute atomic E-state index is 0.0497. The molecule has 4 nitrogen and oxygen atoms in total. The zero-order valence-electron chi connectivity index (χ0n) is 17.3. The fourth-order valence-electron chi connectivity index (χ4n) is 3.42. The summed E-state index contributed by atoms with van der Waals surface area (Å²) in [6.07, 6.45) is -4.11. The van der Waals surface area contributed by atoms with Crippen LogP contribution in [0.25, 0.3) is 0 Å². The van der Waals surface area contributed by atoms with Gasteiger partial charge in [0.25, 0.3) is 5.91 Å². The predicted octanol–water partition coefficient (Wildman–Crippen LogP) is 5.74. The van der Waals surface area contributed by atoms with Gasteiger partial charge >= 0.3 is 41.9 Å². The summed E-state index contributed by atoms with van der Waals surface area (Å²) in [5.74, 6) is -41.8. The molecule has 0 bridgehead atoms. The molecular weight excluding hydrogens is 536 g/mol. The zero-order valence-corrected chi connectivity index (χ0v) is 18.1. The highest BCUT2D eigenvalue weighted by molar-refractivity contribution is 7.17. The van der Waals surface area contributed by atoms with Gasteiger partial charge in [0.15, 0.2) is 0 Å². The molecule has 1 aromatic rings. The number of alkyl halides is 12. The van der Waals surface area contributed by atoms with E-state index >= 15 is 0 Å². The fraction of sp³-hybridized carbons (Fsp3) is 0.667. The Bertz CT molecular complexity index is 992. The lowest BCUT2D eigenvalue weighted by Crippen LogP contribution is -2.70.